The first-order valence-electron chi connectivity index (χ1n) is 8.07. The zero-order chi connectivity index (χ0) is 17.2. The van der Waals surface area contributed by atoms with E-state index in [4.69, 9.17) is 11.6 Å². The predicted molar refractivity (Wildman–Crippen MR) is 99.0 cm³/mol. The fraction of sp³-hybridized carbons (Fsp3) is 0.250. The van der Waals surface area contributed by atoms with Crippen LogP contribution >= 0.6 is 11.6 Å². The number of nitrogens with zero attached hydrogens (tertiary/aromatic N) is 2. The van der Waals surface area contributed by atoms with Crippen LogP contribution in [0.15, 0.2) is 36.4 Å². The zero-order valence-corrected chi connectivity index (χ0v) is 15.0. The lowest BCUT2D eigenvalue weighted by Crippen LogP contribution is -2.17. The molecule has 3 nitrogen and oxygen atoms in total. The molecule has 0 saturated heterocycles. The average molecular weight is 339 g/mol. The van der Waals surface area contributed by atoms with Gasteiger partial charge in [-0.05, 0) is 45.6 Å². The second-order valence-electron chi connectivity index (χ2n) is 6.68. The Labute approximate surface area is 146 Å². The number of aromatic nitrogens is 1. The minimum Gasteiger partial charge on any atom is -0.303 e. The van der Waals surface area contributed by atoms with Gasteiger partial charge in [-0.3, -0.25) is 9.36 Å². The van der Waals surface area contributed by atoms with Gasteiger partial charge in [0.25, 0.3) is 5.91 Å². The molecule has 1 aromatic heterocycles. The standard InChI is InChI=1S/C20H19ClN2O/c1-11-9-10-15(21)17-16(12(2)22(3)4)19-13-7-5-6-8-14(13)20(24)23(19)18(11)17/h5-10,12H,1-4H3. The number of carbonyl (C=O) groups is 1. The first-order chi connectivity index (χ1) is 11.4. The summed E-state index contributed by atoms with van der Waals surface area (Å²) in [5.74, 6) is 0.0353. The second kappa shape index (κ2) is 5.20. The van der Waals surface area contributed by atoms with Gasteiger partial charge in [0.05, 0.1) is 16.2 Å². The highest BCUT2D eigenvalue weighted by Gasteiger charge is 2.35. The summed E-state index contributed by atoms with van der Waals surface area (Å²) < 4.78 is 1.86. The minimum absolute atomic E-state index is 0.0353. The summed E-state index contributed by atoms with van der Waals surface area (Å²) >= 11 is 6.58. The van der Waals surface area contributed by atoms with Gasteiger partial charge in [0, 0.05) is 28.1 Å². The largest absolute Gasteiger partial charge is 0.303 e. The molecule has 2 aromatic carbocycles. The van der Waals surface area contributed by atoms with E-state index >= 15 is 0 Å². The van der Waals surface area contributed by atoms with Gasteiger partial charge in [-0.1, -0.05) is 35.9 Å². The fourth-order valence-corrected chi connectivity index (χ4v) is 3.95. The SMILES string of the molecule is Cc1ccc(Cl)c2c(C(C)N(C)C)c3n(c12)C(=O)c1ccccc1-3. The van der Waals surface area contributed by atoms with Crippen LogP contribution in [0.1, 0.15) is 34.5 Å². The van der Waals surface area contributed by atoms with Crippen molar-refractivity contribution in [2.75, 3.05) is 14.1 Å². The second-order valence-corrected chi connectivity index (χ2v) is 7.08. The molecule has 0 amide bonds. The minimum atomic E-state index is 0.0353. The molecule has 2 heterocycles. The van der Waals surface area contributed by atoms with E-state index in [0.29, 0.717) is 5.02 Å². The molecule has 0 N–H and O–H groups in total. The molecule has 4 heteroatoms. The van der Waals surface area contributed by atoms with Crippen LogP contribution in [0.2, 0.25) is 5.02 Å². The van der Waals surface area contributed by atoms with Gasteiger partial charge in [-0.25, -0.2) is 0 Å². The van der Waals surface area contributed by atoms with E-state index in [1.807, 2.05) is 62.0 Å². The average Bonchev–Trinajstić information content (AvgIpc) is 3.06. The highest BCUT2D eigenvalue weighted by atomic mass is 35.5. The van der Waals surface area contributed by atoms with Gasteiger partial charge >= 0.3 is 0 Å². The van der Waals surface area contributed by atoms with Gasteiger partial charge < -0.3 is 4.90 Å². The van der Waals surface area contributed by atoms with Gasteiger partial charge in [0.2, 0.25) is 0 Å². The number of benzene rings is 2. The van der Waals surface area contributed by atoms with Crippen LogP contribution in [0.25, 0.3) is 22.2 Å². The Hall–Kier alpha value is -2.10. The summed E-state index contributed by atoms with van der Waals surface area (Å²) in [4.78, 5) is 15.2. The molecule has 0 saturated carbocycles. The smallest absolute Gasteiger partial charge is 0.263 e. The Kier molecular flexibility index (Phi) is 3.34. The van der Waals surface area contributed by atoms with Crippen molar-refractivity contribution in [3.8, 4) is 11.3 Å². The van der Waals surface area contributed by atoms with E-state index in [0.717, 1.165) is 38.9 Å². The molecule has 1 aliphatic rings. The molecule has 0 fully saturated rings. The molecule has 0 bridgehead atoms. The number of carbonyl (C=O) groups excluding carboxylic acids is 1. The molecule has 0 aliphatic carbocycles. The maximum atomic E-state index is 13.1. The van der Waals surface area contributed by atoms with Gasteiger partial charge in [-0.2, -0.15) is 0 Å². The van der Waals surface area contributed by atoms with Gasteiger partial charge in [0.15, 0.2) is 0 Å². The van der Waals surface area contributed by atoms with Crippen LogP contribution in [-0.2, 0) is 0 Å². The molecule has 3 aromatic rings. The molecule has 1 atom stereocenters. The summed E-state index contributed by atoms with van der Waals surface area (Å²) in [7, 11) is 4.10. The molecular weight excluding hydrogens is 320 g/mol. The van der Waals surface area contributed by atoms with Crippen molar-refractivity contribution in [2.45, 2.75) is 19.9 Å². The topological polar surface area (TPSA) is 25.2 Å². The van der Waals surface area contributed by atoms with Crippen LogP contribution in [0.4, 0.5) is 0 Å². The van der Waals surface area contributed by atoms with Crippen LogP contribution in [0.5, 0.6) is 0 Å². The van der Waals surface area contributed by atoms with Crippen LogP contribution in [-0.4, -0.2) is 29.5 Å². The lowest BCUT2D eigenvalue weighted by atomic mass is 9.97. The molecule has 24 heavy (non-hydrogen) atoms. The van der Waals surface area contributed by atoms with Crippen molar-refractivity contribution in [3.63, 3.8) is 0 Å². The molecule has 122 valence electrons. The summed E-state index contributed by atoms with van der Waals surface area (Å²) in [6.07, 6.45) is 0. The van der Waals surface area contributed by atoms with Crippen molar-refractivity contribution >= 4 is 28.4 Å². The quantitative estimate of drug-likeness (QED) is 0.519. The van der Waals surface area contributed by atoms with Crippen LogP contribution < -0.4 is 0 Å². The third kappa shape index (κ3) is 1.86. The highest BCUT2D eigenvalue weighted by Crippen LogP contribution is 2.47. The normalized spacial score (nSPS) is 14.3. The molecule has 4 rings (SSSR count). The molecular formula is C20H19ClN2O. The maximum Gasteiger partial charge on any atom is 0.263 e. The first-order valence-corrected chi connectivity index (χ1v) is 8.45. The number of hydrogen-bond acceptors (Lipinski definition) is 2. The van der Waals surface area contributed by atoms with Crippen LogP contribution in [0.3, 0.4) is 0 Å². The summed E-state index contributed by atoms with van der Waals surface area (Å²) in [6.45, 7) is 4.19. The lowest BCUT2D eigenvalue weighted by molar-refractivity contribution is 0.0973. The van der Waals surface area contributed by atoms with E-state index in [-0.39, 0.29) is 11.9 Å². The molecule has 1 aliphatic heterocycles. The highest BCUT2D eigenvalue weighted by molar-refractivity contribution is 6.37. The van der Waals surface area contributed by atoms with E-state index in [1.165, 1.54) is 0 Å². The van der Waals surface area contributed by atoms with Crippen molar-refractivity contribution in [2.24, 2.45) is 0 Å². The lowest BCUT2D eigenvalue weighted by Gasteiger charge is -2.21. The van der Waals surface area contributed by atoms with E-state index in [9.17, 15) is 4.79 Å². The Morgan fingerprint density at radius 2 is 1.75 bits per heavy atom. The summed E-state index contributed by atoms with van der Waals surface area (Å²) in [5.41, 5.74) is 5.88. The molecule has 0 radical (unpaired) electrons. The number of rotatable bonds is 2. The molecule has 0 spiro atoms. The third-order valence-electron chi connectivity index (χ3n) is 5.11. The summed E-state index contributed by atoms with van der Waals surface area (Å²) in [5, 5.41) is 1.70. The first kappa shape index (κ1) is 15.4. The van der Waals surface area contributed by atoms with Crippen molar-refractivity contribution in [1.29, 1.82) is 0 Å². The third-order valence-corrected chi connectivity index (χ3v) is 5.42. The van der Waals surface area contributed by atoms with Gasteiger partial charge in [-0.15, -0.1) is 0 Å². The van der Waals surface area contributed by atoms with Crippen molar-refractivity contribution < 1.29 is 4.79 Å². The number of fused-ring (bicyclic) bond motifs is 5. The zero-order valence-electron chi connectivity index (χ0n) is 14.2. The monoisotopic (exact) mass is 338 g/mol. The predicted octanol–water partition coefficient (Wildman–Crippen LogP) is 4.89. The van der Waals surface area contributed by atoms with E-state index in [2.05, 4.69) is 11.8 Å². The molecule has 1 unspecified atom stereocenters. The Balaban J connectivity index is 2.24. The van der Waals surface area contributed by atoms with Crippen LogP contribution in [0, 0.1) is 6.92 Å². The summed E-state index contributed by atoms with van der Waals surface area (Å²) in [6, 6.07) is 11.9. The number of halogens is 1. The van der Waals surface area contributed by atoms with Crippen molar-refractivity contribution in [3.05, 3.63) is 58.1 Å². The Morgan fingerprint density at radius 3 is 2.42 bits per heavy atom. The number of aryl methyl sites for hydroxylation is 1. The van der Waals surface area contributed by atoms with Gasteiger partial charge in [0.1, 0.15) is 0 Å². The van der Waals surface area contributed by atoms with E-state index < -0.39 is 0 Å². The fourth-order valence-electron chi connectivity index (χ4n) is 3.70. The van der Waals surface area contributed by atoms with E-state index in [1.54, 1.807) is 0 Å². The number of hydrogen-bond donors (Lipinski definition) is 0. The maximum absolute atomic E-state index is 13.1. The van der Waals surface area contributed by atoms with Crippen molar-refractivity contribution in [1.82, 2.24) is 9.47 Å². The Morgan fingerprint density at radius 1 is 1.08 bits per heavy atom. The Bertz CT molecular complexity index is 1000.